The van der Waals surface area contributed by atoms with Gasteiger partial charge in [-0.2, -0.15) is 0 Å². The van der Waals surface area contributed by atoms with Gasteiger partial charge in [-0.25, -0.2) is 4.57 Å². The Morgan fingerprint density at radius 3 is 1.11 bits per heavy atom. The van der Waals surface area contributed by atoms with Crippen molar-refractivity contribution in [2.24, 2.45) is 5.73 Å². The summed E-state index contributed by atoms with van der Waals surface area (Å²) in [6, 6.07) is 0. The molecule has 0 aromatic heterocycles. The van der Waals surface area contributed by atoms with Gasteiger partial charge >= 0.3 is 13.8 Å². The van der Waals surface area contributed by atoms with E-state index in [1.165, 1.54) is 212 Å². The van der Waals surface area contributed by atoms with Gasteiger partial charge in [0.15, 0.2) is 0 Å². The second-order valence-corrected chi connectivity index (χ2v) is 18.5. The van der Waals surface area contributed by atoms with E-state index in [4.69, 9.17) is 24.3 Å². The molecule has 0 spiro atoms. The van der Waals surface area contributed by atoms with Gasteiger partial charge in [-0.15, -0.1) is 0 Å². The fourth-order valence-corrected chi connectivity index (χ4v) is 8.35. The molecule has 0 saturated carbocycles. The molecule has 0 heterocycles. The summed E-state index contributed by atoms with van der Waals surface area (Å²) < 4.78 is 33.6. The molecule has 0 fully saturated rings. The van der Waals surface area contributed by atoms with Crippen molar-refractivity contribution in [1.29, 1.82) is 0 Å². The van der Waals surface area contributed by atoms with Gasteiger partial charge < -0.3 is 20.1 Å². The van der Waals surface area contributed by atoms with Crippen molar-refractivity contribution in [3.05, 3.63) is 0 Å². The molecule has 0 aliphatic carbocycles. The van der Waals surface area contributed by atoms with Crippen LogP contribution in [0.4, 0.5) is 0 Å². The fourth-order valence-electron chi connectivity index (χ4n) is 7.59. The number of hydrogen-bond acceptors (Lipinski definition) is 7. The third kappa shape index (κ3) is 46.4. The Morgan fingerprint density at radius 2 is 0.772 bits per heavy atom. The molecule has 57 heavy (non-hydrogen) atoms. The summed E-state index contributed by atoms with van der Waals surface area (Å²) in [6.45, 7) is 5.01. The molecule has 8 nitrogen and oxygen atoms in total. The summed E-state index contributed by atoms with van der Waals surface area (Å²) in [5, 5.41) is 0. The van der Waals surface area contributed by atoms with Crippen LogP contribution in [0.5, 0.6) is 0 Å². The van der Waals surface area contributed by atoms with Crippen LogP contribution >= 0.6 is 7.82 Å². The predicted molar refractivity (Wildman–Crippen MR) is 243 cm³/mol. The molecule has 3 N–H and O–H groups in total. The SMILES string of the molecule is CCCCCCCCCCCCCCCCCCCCCCCC(=O)OC(COCCCCCCCCCCCCCCCCCCC)COP(=O)(O)OCCN. The van der Waals surface area contributed by atoms with Crippen LogP contribution in [0.15, 0.2) is 0 Å². The number of carbonyl (C=O) groups is 1. The minimum Gasteiger partial charge on any atom is -0.457 e. The van der Waals surface area contributed by atoms with Crippen LogP contribution in [0.25, 0.3) is 0 Å². The van der Waals surface area contributed by atoms with Crippen LogP contribution in [0.1, 0.15) is 264 Å². The highest BCUT2D eigenvalue weighted by atomic mass is 31.2. The second-order valence-electron chi connectivity index (χ2n) is 17.1. The summed E-state index contributed by atoms with van der Waals surface area (Å²) in [7, 11) is -4.27. The predicted octanol–water partition coefficient (Wildman–Crippen LogP) is 15.3. The van der Waals surface area contributed by atoms with Crippen LogP contribution in [0.2, 0.25) is 0 Å². The zero-order valence-corrected chi connectivity index (χ0v) is 39.0. The first kappa shape index (κ1) is 56.5. The van der Waals surface area contributed by atoms with E-state index < -0.39 is 13.9 Å². The third-order valence-corrected chi connectivity index (χ3v) is 12.3. The molecule has 0 aliphatic heterocycles. The van der Waals surface area contributed by atoms with E-state index in [0.717, 1.165) is 32.1 Å². The lowest BCUT2D eigenvalue weighted by atomic mass is 10.0. The van der Waals surface area contributed by atoms with E-state index in [0.29, 0.717) is 13.0 Å². The van der Waals surface area contributed by atoms with Crippen LogP contribution < -0.4 is 5.73 Å². The lowest BCUT2D eigenvalue weighted by molar-refractivity contribution is -0.154. The van der Waals surface area contributed by atoms with E-state index >= 15 is 0 Å². The lowest BCUT2D eigenvalue weighted by Gasteiger charge is -2.20. The van der Waals surface area contributed by atoms with Crippen molar-refractivity contribution in [3.8, 4) is 0 Å². The molecule has 2 unspecified atom stereocenters. The quantitative estimate of drug-likeness (QED) is 0.0354. The van der Waals surface area contributed by atoms with Crippen molar-refractivity contribution in [2.45, 2.75) is 270 Å². The number of esters is 1. The van der Waals surface area contributed by atoms with Crippen LogP contribution in [-0.4, -0.2) is 49.9 Å². The van der Waals surface area contributed by atoms with E-state index in [-0.39, 0.29) is 32.3 Å². The first-order valence-corrected chi connectivity index (χ1v) is 26.5. The summed E-state index contributed by atoms with van der Waals surface area (Å²) >= 11 is 0. The number of hydrogen-bond donors (Lipinski definition) is 2. The molecule has 0 bridgehead atoms. The van der Waals surface area contributed by atoms with Crippen molar-refractivity contribution in [3.63, 3.8) is 0 Å². The first-order chi connectivity index (χ1) is 27.9. The highest BCUT2D eigenvalue weighted by Crippen LogP contribution is 2.43. The minimum absolute atomic E-state index is 0.0898. The smallest absolute Gasteiger partial charge is 0.457 e. The zero-order chi connectivity index (χ0) is 41.6. The zero-order valence-electron chi connectivity index (χ0n) is 38.1. The van der Waals surface area contributed by atoms with Gasteiger partial charge in [0.25, 0.3) is 0 Å². The maximum absolute atomic E-state index is 12.6. The Labute approximate surface area is 354 Å². The molecule has 9 heteroatoms. The number of nitrogens with two attached hydrogens (primary N) is 1. The topological polar surface area (TPSA) is 117 Å². The van der Waals surface area contributed by atoms with Gasteiger partial charge in [0.05, 0.1) is 19.8 Å². The highest BCUT2D eigenvalue weighted by molar-refractivity contribution is 7.47. The Balaban J connectivity index is 3.89. The summed E-state index contributed by atoms with van der Waals surface area (Å²) in [4.78, 5) is 22.6. The number of ether oxygens (including phenoxy) is 2. The second kappa shape index (κ2) is 46.6. The number of rotatable bonds is 49. The van der Waals surface area contributed by atoms with Crippen molar-refractivity contribution >= 4 is 13.8 Å². The highest BCUT2D eigenvalue weighted by Gasteiger charge is 2.25. The van der Waals surface area contributed by atoms with Crippen molar-refractivity contribution < 1.29 is 32.8 Å². The lowest BCUT2D eigenvalue weighted by Crippen LogP contribution is -2.28. The monoisotopic (exact) mass is 832 g/mol. The van der Waals surface area contributed by atoms with Gasteiger partial charge in [0, 0.05) is 19.6 Å². The fraction of sp³-hybridized carbons (Fsp3) is 0.979. The first-order valence-electron chi connectivity index (χ1n) is 25.0. The Hall–Kier alpha value is -0.500. The molecule has 2 atom stereocenters. The normalized spacial score (nSPS) is 13.3. The Morgan fingerprint density at radius 1 is 0.456 bits per heavy atom. The molecule has 0 aromatic carbocycles. The minimum atomic E-state index is -4.27. The van der Waals surface area contributed by atoms with Gasteiger partial charge in [-0.05, 0) is 12.8 Å². The maximum atomic E-state index is 12.6. The molecular weight excluding hydrogens is 734 g/mol. The average molecular weight is 832 g/mol. The molecule has 342 valence electrons. The van der Waals surface area contributed by atoms with Gasteiger partial charge in [0.2, 0.25) is 0 Å². The van der Waals surface area contributed by atoms with Crippen molar-refractivity contribution in [2.75, 3.05) is 33.0 Å². The molecule has 0 aromatic rings. The number of unbranched alkanes of at least 4 members (excludes halogenated alkanes) is 36. The van der Waals surface area contributed by atoms with Gasteiger partial charge in [-0.3, -0.25) is 13.8 Å². The number of phosphoric acid groups is 1. The molecular formula is C48H98NO7P. The van der Waals surface area contributed by atoms with E-state index in [1.54, 1.807) is 0 Å². The van der Waals surface area contributed by atoms with Crippen LogP contribution in [0, 0.1) is 0 Å². The number of phosphoric ester groups is 1. The van der Waals surface area contributed by atoms with Crippen LogP contribution in [-0.2, 0) is 27.9 Å². The van der Waals surface area contributed by atoms with E-state index in [1.807, 2.05) is 0 Å². The summed E-state index contributed by atoms with van der Waals surface area (Å²) in [6.07, 6.45) is 49.9. The van der Waals surface area contributed by atoms with Crippen LogP contribution in [0.3, 0.4) is 0 Å². The van der Waals surface area contributed by atoms with Crippen molar-refractivity contribution in [1.82, 2.24) is 0 Å². The molecule has 0 rings (SSSR count). The standard InChI is InChI=1S/C48H98NO7P/c1-3-5-7-9-11-13-15-17-19-21-22-23-24-25-27-29-31-33-35-37-39-41-48(50)56-47(46-55-57(51,52)54-44-42-49)45-53-43-40-38-36-34-32-30-28-26-20-18-16-14-12-10-8-6-4-2/h47H,3-46,49H2,1-2H3,(H,51,52). The van der Waals surface area contributed by atoms with E-state index in [2.05, 4.69) is 13.8 Å². The van der Waals surface area contributed by atoms with E-state index in [9.17, 15) is 14.3 Å². The molecule has 0 radical (unpaired) electrons. The molecule has 0 amide bonds. The molecule has 0 aliphatic rings. The third-order valence-electron chi connectivity index (χ3n) is 11.3. The Kier molecular flexibility index (Phi) is 46.2. The number of carbonyl (C=O) groups excluding carboxylic acids is 1. The molecule has 0 saturated heterocycles. The maximum Gasteiger partial charge on any atom is 0.472 e. The van der Waals surface area contributed by atoms with Gasteiger partial charge in [0.1, 0.15) is 6.10 Å². The van der Waals surface area contributed by atoms with Gasteiger partial charge in [-0.1, -0.05) is 245 Å². The summed E-state index contributed by atoms with van der Waals surface area (Å²) in [5.74, 6) is -0.321. The summed E-state index contributed by atoms with van der Waals surface area (Å²) in [5.41, 5.74) is 5.39. The Bertz CT molecular complexity index is 848. The average Bonchev–Trinajstić information content (AvgIpc) is 3.20. The largest absolute Gasteiger partial charge is 0.472 e.